The van der Waals surface area contributed by atoms with E-state index in [4.69, 9.17) is 20.4 Å². The zero-order valence-corrected chi connectivity index (χ0v) is 13.5. The smallest absolute Gasteiger partial charge is 0.430 e. The highest BCUT2D eigenvalue weighted by Gasteiger charge is 2.85. The van der Waals surface area contributed by atoms with E-state index < -0.39 is 68.3 Å². The van der Waals surface area contributed by atoms with Crippen molar-refractivity contribution < 1.29 is 74.5 Å². The summed E-state index contributed by atoms with van der Waals surface area (Å²) >= 11 is 0. The standard InChI is InChI=1S/C12H14F8O8/c1-6(25-2-21)10(26-3-22,27-4-23)11(28-5-24,12(18,19)20)9(16,17)7(13)8(14)15/h21-24H,1-5H2. The second-order valence-electron chi connectivity index (χ2n) is 4.46. The lowest BCUT2D eigenvalue weighted by Gasteiger charge is -2.50. The monoisotopic (exact) mass is 438 g/mol. The Hall–Kier alpha value is -1.56. The average Bonchev–Trinajstić information content (AvgIpc) is 2.57. The van der Waals surface area contributed by atoms with Gasteiger partial charge >= 0.3 is 18.2 Å². The van der Waals surface area contributed by atoms with Gasteiger partial charge in [0.15, 0.2) is 12.6 Å². The van der Waals surface area contributed by atoms with Gasteiger partial charge in [0.1, 0.15) is 20.4 Å². The van der Waals surface area contributed by atoms with E-state index in [0.29, 0.717) is 0 Å². The molecule has 0 aliphatic carbocycles. The van der Waals surface area contributed by atoms with Crippen molar-refractivity contribution in [3.8, 4) is 0 Å². The van der Waals surface area contributed by atoms with Crippen molar-refractivity contribution >= 4 is 0 Å². The van der Waals surface area contributed by atoms with Gasteiger partial charge in [-0.2, -0.15) is 35.1 Å². The average molecular weight is 438 g/mol. The third kappa shape index (κ3) is 4.22. The van der Waals surface area contributed by atoms with Gasteiger partial charge in [0.2, 0.25) is 5.83 Å². The maximum absolute atomic E-state index is 14.5. The van der Waals surface area contributed by atoms with Crippen LogP contribution in [0.5, 0.6) is 0 Å². The molecule has 166 valence electrons. The van der Waals surface area contributed by atoms with Crippen LogP contribution in [0.4, 0.5) is 35.1 Å². The summed E-state index contributed by atoms with van der Waals surface area (Å²) in [6.07, 6.45) is -10.6. The molecule has 0 bridgehead atoms. The fourth-order valence-corrected chi connectivity index (χ4v) is 2.17. The topological polar surface area (TPSA) is 118 Å². The summed E-state index contributed by atoms with van der Waals surface area (Å²) in [5.74, 6) is -16.8. The number of aliphatic hydroxyl groups is 4. The number of ether oxygens (including phenoxy) is 4. The van der Waals surface area contributed by atoms with Crippen molar-refractivity contribution in [2.24, 2.45) is 0 Å². The Kier molecular flexibility index (Phi) is 9.22. The van der Waals surface area contributed by atoms with Gasteiger partial charge in [0, 0.05) is 0 Å². The third-order valence-corrected chi connectivity index (χ3v) is 3.17. The van der Waals surface area contributed by atoms with E-state index in [0.717, 1.165) is 0 Å². The van der Waals surface area contributed by atoms with Crippen LogP contribution in [-0.4, -0.2) is 71.1 Å². The van der Waals surface area contributed by atoms with Crippen LogP contribution in [0.1, 0.15) is 0 Å². The zero-order valence-electron chi connectivity index (χ0n) is 13.5. The van der Waals surface area contributed by atoms with Gasteiger partial charge in [-0.3, -0.25) is 0 Å². The Morgan fingerprint density at radius 3 is 1.46 bits per heavy atom. The Labute approximate surface area is 150 Å². The Morgan fingerprint density at radius 2 is 1.18 bits per heavy atom. The summed E-state index contributed by atoms with van der Waals surface area (Å²) in [6.45, 7) is -5.21. The SMILES string of the molecule is C=C(OCO)C(OCO)(OCO)C(OCO)(C(F)(F)F)C(F)(F)C(F)=C(F)F. The van der Waals surface area contributed by atoms with Crippen molar-refractivity contribution in [3.05, 3.63) is 24.2 Å². The van der Waals surface area contributed by atoms with Crippen LogP contribution in [0.2, 0.25) is 0 Å². The highest BCUT2D eigenvalue weighted by Crippen LogP contribution is 2.58. The number of halogens is 8. The van der Waals surface area contributed by atoms with E-state index >= 15 is 0 Å². The molecule has 0 amide bonds. The minimum absolute atomic E-state index is 1.60. The molecule has 0 aromatic heterocycles. The van der Waals surface area contributed by atoms with Crippen LogP contribution in [0.25, 0.3) is 0 Å². The first kappa shape index (κ1) is 26.4. The molecule has 8 nitrogen and oxygen atoms in total. The maximum atomic E-state index is 14.5. The van der Waals surface area contributed by atoms with E-state index in [2.05, 4.69) is 25.5 Å². The molecular formula is C12H14F8O8. The van der Waals surface area contributed by atoms with Crippen LogP contribution < -0.4 is 0 Å². The molecule has 1 atom stereocenters. The first-order valence-electron chi connectivity index (χ1n) is 6.60. The summed E-state index contributed by atoms with van der Waals surface area (Å²) in [6, 6.07) is 0. The van der Waals surface area contributed by atoms with Crippen molar-refractivity contribution in [1.82, 2.24) is 0 Å². The lowest BCUT2D eigenvalue weighted by atomic mass is 9.82. The molecule has 0 aliphatic rings. The van der Waals surface area contributed by atoms with Crippen molar-refractivity contribution in [1.29, 1.82) is 0 Å². The summed E-state index contributed by atoms with van der Waals surface area (Å²) < 4.78 is 124. The molecule has 0 fully saturated rings. The molecule has 0 spiro atoms. The normalized spacial score (nSPS) is 15.1. The fraction of sp³-hybridized carbons (Fsp3) is 0.667. The van der Waals surface area contributed by atoms with Crippen LogP contribution in [-0.2, 0) is 18.9 Å². The first-order chi connectivity index (χ1) is 12.8. The predicted molar refractivity (Wildman–Crippen MR) is 68.6 cm³/mol. The third-order valence-electron chi connectivity index (χ3n) is 3.17. The molecule has 1 unspecified atom stereocenters. The Morgan fingerprint density at radius 1 is 0.750 bits per heavy atom. The van der Waals surface area contributed by atoms with Gasteiger partial charge in [0.25, 0.3) is 11.4 Å². The molecule has 0 rings (SSSR count). The lowest BCUT2D eigenvalue weighted by molar-refractivity contribution is -0.461. The van der Waals surface area contributed by atoms with Crippen molar-refractivity contribution in [3.63, 3.8) is 0 Å². The van der Waals surface area contributed by atoms with Gasteiger partial charge in [-0.15, -0.1) is 0 Å². The Bertz CT molecular complexity index is 556. The van der Waals surface area contributed by atoms with E-state index in [9.17, 15) is 35.1 Å². The minimum Gasteiger partial charge on any atom is -0.467 e. The van der Waals surface area contributed by atoms with Gasteiger partial charge in [-0.25, -0.2) is 0 Å². The van der Waals surface area contributed by atoms with E-state index in [1.54, 1.807) is 0 Å². The summed E-state index contributed by atoms with van der Waals surface area (Å²) in [5, 5.41) is 35.0. The number of aliphatic hydroxyl groups excluding tert-OH is 4. The van der Waals surface area contributed by atoms with Crippen molar-refractivity contribution in [2.75, 3.05) is 27.2 Å². The Balaban J connectivity index is 7.45. The zero-order chi connectivity index (χ0) is 22.4. The number of hydrogen-bond acceptors (Lipinski definition) is 8. The fourth-order valence-electron chi connectivity index (χ4n) is 2.17. The summed E-state index contributed by atoms with van der Waals surface area (Å²) in [4.78, 5) is 0. The van der Waals surface area contributed by atoms with Crippen LogP contribution in [0.3, 0.4) is 0 Å². The van der Waals surface area contributed by atoms with Gasteiger partial charge < -0.3 is 39.4 Å². The lowest BCUT2D eigenvalue weighted by Crippen LogP contribution is -2.76. The molecule has 0 saturated heterocycles. The molecule has 0 radical (unpaired) electrons. The summed E-state index contributed by atoms with van der Waals surface area (Å²) in [7, 11) is 0. The highest BCUT2D eigenvalue weighted by atomic mass is 19.4. The molecule has 0 aliphatic heterocycles. The van der Waals surface area contributed by atoms with Gasteiger partial charge in [-0.1, -0.05) is 6.58 Å². The molecule has 0 saturated carbocycles. The van der Waals surface area contributed by atoms with E-state index in [1.807, 2.05) is 0 Å². The minimum atomic E-state index is -6.65. The van der Waals surface area contributed by atoms with Gasteiger partial charge in [0.05, 0.1) is 0 Å². The van der Waals surface area contributed by atoms with E-state index in [-0.39, 0.29) is 0 Å². The van der Waals surface area contributed by atoms with Crippen LogP contribution >= 0.6 is 0 Å². The van der Waals surface area contributed by atoms with E-state index in [1.165, 1.54) is 0 Å². The maximum Gasteiger partial charge on any atom is 0.430 e. The molecule has 0 aromatic carbocycles. The molecular weight excluding hydrogens is 424 g/mol. The number of rotatable bonds is 12. The molecule has 28 heavy (non-hydrogen) atoms. The first-order valence-corrected chi connectivity index (χ1v) is 6.60. The number of hydrogen-bond donors (Lipinski definition) is 4. The quantitative estimate of drug-likeness (QED) is 0.203. The largest absolute Gasteiger partial charge is 0.467 e. The molecule has 16 heteroatoms. The second-order valence-corrected chi connectivity index (χ2v) is 4.46. The number of alkyl halides is 5. The van der Waals surface area contributed by atoms with Crippen LogP contribution in [0.15, 0.2) is 24.2 Å². The van der Waals surface area contributed by atoms with Crippen LogP contribution in [0, 0.1) is 0 Å². The predicted octanol–water partition coefficient (Wildman–Crippen LogP) is 1.08. The molecule has 0 aromatic rings. The van der Waals surface area contributed by atoms with Crippen molar-refractivity contribution in [2.45, 2.75) is 23.5 Å². The highest BCUT2D eigenvalue weighted by molar-refractivity contribution is 5.28. The molecule has 4 N–H and O–H groups in total. The van der Waals surface area contributed by atoms with Gasteiger partial charge in [-0.05, 0) is 0 Å². The second kappa shape index (κ2) is 9.77. The molecule has 0 heterocycles. The summed E-state index contributed by atoms with van der Waals surface area (Å²) in [5.41, 5.74) is -5.77.